The van der Waals surface area contributed by atoms with Crippen LogP contribution in [0.4, 0.5) is 22.1 Å². The van der Waals surface area contributed by atoms with E-state index in [0.717, 1.165) is 34.9 Å². The van der Waals surface area contributed by atoms with Crippen molar-refractivity contribution in [3.8, 4) is 11.4 Å². The summed E-state index contributed by atoms with van der Waals surface area (Å²) in [5.74, 6) is 1.73. The lowest BCUT2D eigenvalue weighted by Crippen LogP contribution is -2.60. The van der Waals surface area contributed by atoms with Gasteiger partial charge in [0.15, 0.2) is 11.5 Å². The molecule has 200 valence electrons. The predicted molar refractivity (Wildman–Crippen MR) is 143 cm³/mol. The molecule has 2 amide bonds. The van der Waals surface area contributed by atoms with E-state index in [1.165, 1.54) is 4.90 Å². The van der Waals surface area contributed by atoms with Crippen molar-refractivity contribution in [1.82, 2.24) is 29.5 Å². The zero-order valence-corrected chi connectivity index (χ0v) is 21.2. The SMILES string of the molecule is CNc1ncc(-c2nc3ccc(N4CC5CN(C(=O)O)CC(C4)O5)cn3n2)c2cc(NC(=O)C3CC3)ncc12. The normalized spacial score (nSPS) is 20.8. The summed E-state index contributed by atoms with van der Waals surface area (Å²) in [4.78, 5) is 41.1. The summed E-state index contributed by atoms with van der Waals surface area (Å²) in [5, 5.41) is 21.8. The number of fused-ring (bicyclic) bond motifs is 4. The average molecular weight is 530 g/mol. The van der Waals surface area contributed by atoms with Crippen molar-refractivity contribution in [2.75, 3.05) is 48.8 Å². The number of amides is 2. The lowest BCUT2D eigenvalue weighted by Gasteiger charge is -2.45. The maximum atomic E-state index is 12.3. The van der Waals surface area contributed by atoms with Crippen molar-refractivity contribution >= 4 is 45.7 Å². The Labute approximate surface area is 222 Å². The van der Waals surface area contributed by atoms with Crippen LogP contribution in [-0.2, 0) is 9.53 Å². The molecule has 3 N–H and O–H groups in total. The first-order chi connectivity index (χ1) is 18.9. The summed E-state index contributed by atoms with van der Waals surface area (Å²) in [7, 11) is 1.80. The molecule has 4 aromatic rings. The summed E-state index contributed by atoms with van der Waals surface area (Å²) in [6.45, 7) is 1.91. The maximum absolute atomic E-state index is 12.3. The van der Waals surface area contributed by atoms with E-state index in [1.807, 2.05) is 24.4 Å². The number of carboxylic acid groups (broad SMARTS) is 1. The van der Waals surface area contributed by atoms with Gasteiger partial charge in [-0.15, -0.1) is 5.10 Å². The predicted octanol–water partition coefficient (Wildman–Crippen LogP) is 2.30. The molecule has 1 saturated carbocycles. The number of aromatic nitrogens is 5. The Balaban J connectivity index is 1.21. The minimum atomic E-state index is -0.906. The van der Waals surface area contributed by atoms with Crippen LogP contribution in [0.25, 0.3) is 27.8 Å². The minimum Gasteiger partial charge on any atom is -0.465 e. The van der Waals surface area contributed by atoms with Crippen LogP contribution in [0.2, 0.25) is 0 Å². The van der Waals surface area contributed by atoms with Gasteiger partial charge >= 0.3 is 6.09 Å². The van der Waals surface area contributed by atoms with Crippen molar-refractivity contribution in [2.45, 2.75) is 25.0 Å². The van der Waals surface area contributed by atoms with Crippen LogP contribution in [-0.4, -0.2) is 92.0 Å². The largest absolute Gasteiger partial charge is 0.465 e. The van der Waals surface area contributed by atoms with Gasteiger partial charge < -0.3 is 30.3 Å². The molecule has 2 bridgehead atoms. The third-order valence-corrected chi connectivity index (χ3v) is 7.48. The zero-order valence-electron chi connectivity index (χ0n) is 21.2. The molecular formula is C26H27N9O4. The van der Waals surface area contributed by atoms with E-state index >= 15 is 0 Å². The zero-order chi connectivity index (χ0) is 26.7. The van der Waals surface area contributed by atoms with Crippen molar-refractivity contribution in [3.05, 3.63) is 36.8 Å². The third kappa shape index (κ3) is 4.34. The fourth-order valence-corrected chi connectivity index (χ4v) is 5.39. The van der Waals surface area contributed by atoms with Crippen LogP contribution >= 0.6 is 0 Å². The molecule has 3 fully saturated rings. The van der Waals surface area contributed by atoms with Crippen molar-refractivity contribution in [3.63, 3.8) is 0 Å². The van der Waals surface area contributed by atoms with E-state index in [4.69, 9.17) is 14.8 Å². The molecule has 6 heterocycles. The summed E-state index contributed by atoms with van der Waals surface area (Å²) in [6, 6.07) is 5.76. The molecule has 2 saturated heterocycles. The van der Waals surface area contributed by atoms with Crippen LogP contribution in [0.1, 0.15) is 12.8 Å². The van der Waals surface area contributed by atoms with Crippen LogP contribution in [0.3, 0.4) is 0 Å². The highest BCUT2D eigenvalue weighted by Gasteiger charge is 2.37. The number of ether oxygens (including phenoxy) is 1. The molecule has 2 unspecified atom stereocenters. The Hall–Kier alpha value is -4.52. The number of anilines is 3. The molecule has 2 aliphatic heterocycles. The van der Waals surface area contributed by atoms with Gasteiger partial charge in [0.25, 0.3) is 0 Å². The molecule has 3 aliphatic rings. The summed E-state index contributed by atoms with van der Waals surface area (Å²) in [5.41, 5.74) is 2.37. The van der Waals surface area contributed by atoms with Gasteiger partial charge in [-0.3, -0.25) is 4.79 Å². The molecule has 39 heavy (non-hydrogen) atoms. The lowest BCUT2D eigenvalue weighted by molar-refractivity contribution is -0.117. The number of hydrogen-bond donors (Lipinski definition) is 3. The Morgan fingerprint density at radius 3 is 2.56 bits per heavy atom. The van der Waals surface area contributed by atoms with Crippen LogP contribution < -0.4 is 15.5 Å². The maximum Gasteiger partial charge on any atom is 0.407 e. The van der Waals surface area contributed by atoms with E-state index < -0.39 is 6.09 Å². The molecule has 0 aromatic carbocycles. The number of rotatable bonds is 5. The first-order valence-electron chi connectivity index (χ1n) is 13.0. The van der Waals surface area contributed by atoms with Crippen molar-refractivity contribution in [2.24, 2.45) is 5.92 Å². The first-order valence-corrected chi connectivity index (χ1v) is 13.0. The summed E-state index contributed by atoms with van der Waals surface area (Å²) >= 11 is 0. The second-order valence-electron chi connectivity index (χ2n) is 10.2. The lowest BCUT2D eigenvalue weighted by atomic mass is 10.1. The quantitative estimate of drug-likeness (QED) is 0.351. The van der Waals surface area contributed by atoms with E-state index in [9.17, 15) is 14.7 Å². The van der Waals surface area contributed by atoms with Gasteiger partial charge in [-0.25, -0.2) is 24.3 Å². The van der Waals surface area contributed by atoms with Gasteiger partial charge in [-0.05, 0) is 31.0 Å². The molecule has 0 radical (unpaired) electrons. The number of nitrogens with one attached hydrogen (secondary N) is 2. The average Bonchev–Trinajstić information content (AvgIpc) is 3.70. The Morgan fingerprint density at radius 2 is 1.85 bits per heavy atom. The fourth-order valence-electron chi connectivity index (χ4n) is 5.39. The number of morpholine rings is 2. The highest BCUT2D eigenvalue weighted by Crippen LogP contribution is 2.33. The first kappa shape index (κ1) is 23.6. The van der Waals surface area contributed by atoms with E-state index in [1.54, 1.807) is 24.0 Å². The van der Waals surface area contributed by atoms with Gasteiger partial charge in [0.1, 0.15) is 11.6 Å². The smallest absolute Gasteiger partial charge is 0.407 e. The Morgan fingerprint density at radius 1 is 1.05 bits per heavy atom. The van der Waals surface area contributed by atoms with Gasteiger partial charge in [-0.2, -0.15) is 0 Å². The van der Waals surface area contributed by atoms with Gasteiger partial charge in [0.2, 0.25) is 5.91 Å². The number of hydrogen-bond acceptors (Lipinski definition) is 9. The van der Waals surface area contributed by atoms with E-state index in [2.05, 4.69) is 25.5 Å². The topological polar surface area (TPSA) is 150 Å². The van der Waals surface area contributed by atoms with Gasteiger partial charge in [0.05, 0.1) is 37.2 Å². The fraction of sp³-hybridized carbons (Fsp3) is 0.385. The Kier molecular flexibility index (Phi) is 5.47. The molecule has 2 atom stereocenters. The standard InChI is InChI=1S/C26H27N9O4/c1-27-23-19-7-28-21(30-25(36)14-2-3-14)6-18(19)20(8-29-23)24-31-22-5-4-15(9-35(22)32-24)33-10-16-12-34(26(37)38)13-17(11-33)39-16/h4-9,14,16-17H,2-3,10-13H2,1H3,(H,27,29)(H,37,38)(H,28,30,36). The van der Waals surface area contributed by atoms with E-state index in [0.29, 0.717) is 49.3 Å². The summed E-state index contributed by atoms with van der Waals surface area (Å²) in [6.07, 6.45) is 5.93. The highest BCUT2D eigenvalue weighted by atomic mass is 16.5. The molecule has 13 heteroatoms. The van der Waals surface area contributed by atoms with Crippen LogP contribution in [0.5, 0.6) is 0 Å². The molecule has 0 spiro atoms. The van der Waals surface area contributed by atoms with Crippen molar-refractivity contribution in [1.29, 1.82) is 0 Å². The second-order valence-corrected chi connectivity index (χ2v) is 10.2. The molecular weight excluding hydrogens is 502 g/mol. The third-order valence-electron chi connectivity index (χ3n) is 7.48. The highest BCUT2D eigenvalue weighted by molar-refractivity contribution is 6.03. The van der Waals surface area contributed by atoms with Crippen LogP contribution in [0, 0.1) is 5.92 Å². The van der Waals surface area contributed by atoms with Gasteiger partial charge in [0, 0.05) is 54.8 Å². The Bertz CT molecular complexity index is 1600. The molecule has 1 aliphatic carbocycles. The number of carbonyl (C=O) groups is 2. The van der Waals surface area contributed by atoms with E-state index in [-0.39, 0.29) is 24.0 Å². The van der Waals surface area contributed by atoms with Gasteiger partial charge in [-0.1, -0.05) is 0 Å². The number of pyridine rings is 3. The minimum absolute atomic E-state index is 0.00685. The monoisotopic (exact) mass is 529 g/mol. The van der Waals surface area contributed by atoms with Crippen LogP contribution in [0.15, 0.2) is 36.8 Å². The number of carbonyl (C=O) groups excluding carboxylic acids is 1. The summed E-state index contributed by atoms with van der Waals surface area (Å²) < 4.78 is 7.73. The molecule has 7 rings (SSSR count). The molecule has 4 aromatic heterocycles. The molecule has 13 nitrogen and oxygen atoms in total. The number of nitrogens with zero attached hydrogens (tertiary/aromatic N) is 7. The van der Waals surface area contributed by atoms with Crippen molar-refractivity contribution < 1.29 is 19.4 Å². The second kappa shape index (κ2) is 9.05.